The number of hydrogen-bond donors (Lipinski definition) is 1. The SMILES string of the molecule is COCC(C)N(C)S(=O)(=O)c1cc(F)c(Cl)c(CO)c1. The molecule has 0 aromatic heterocycles. The van der Waals surface area contributed by atoms with Crippen molar-refractivity contribution in [1.29, 1.82) is 0 Å². The zero-order valence-electron chi connectivity index (χ0n) is 11.4. The number of hydrogen-bond acceptors (Lipinski definition) is 4. The lowest BCUT2D eigenvalue weighted by molar-refractivity contribution is 0.149. The fourth-order valence-electron chi connectivity index (χ4n) is 1.63. The van der Waals surface area contributed by atoms with Crippen LogP contribution in [0.5, 0.6) is 0 Å². The summed E-state index contributed by atoms with van der Waals surface area (Å²) >= 11 is 5.64. The average Bonchev–Trinajstić information content (AvgIpc) is 2.40. The lowest BCUT2D eigenvalue weighted by Gasteiger charge is -2.24. The van der Waals surface area contributed by atoms with Gasteiger partial charge in [-0.2, -0.15) is 4.31 Å². The van der Waals surface area contributed by atoms with Crippen LogP contribution in [0.4, 0.5) is 4.39 Å². The maximum absolute atomic E-state index is 13.6. The molecule has 0 spiro atoms. The normalized spacial score (nSPS) is 13.8. The van der Waals surface area contributed by atoms with Crippen LogP contribution in [0.1, 0.15) is 12.5 Å². The lowest BCUT2D eigenvalue weighted by atomic mass is 10.2. The molecule has 1 N–H and O–H groups in total. The highest BCUT2D eigenvalue weighted by Crippen LogP contribution is 2.26. The minimum Gasteiger partial charge on any atom is -0.392 e. The van der Waals surface area contributed by atoms with Gasteiger partial charge in [-0.15, -0.1) is 0 Å². The number of aliphatic hydroxyl groups is 1. The molecule has 0 aliphatic rings. The first-order valence-corrected chi connectivity index (χ1v) is 7.63. The average molecular weight is 326 g/mol. The van der Waals surface area contributed by atoms with Crippen molar-refractivity contribution in [3.63, 3.8) is 0 Å². The van der Waals surface area contributed by atoms with Crippen LogP contribution in [-0.2, 0) is 21.4 Å². The molecule has 0 aliphatic carbocycles. The number of sulfonamides is 1. The van der Waals surface area contributed by atoms with Gasteiger partial charge in [-0.25, -0.2) is 12.8 Å². The van der Waals surface area contributed by atoms with Gasteiger partial charge in [-0.1, -0.05) is 11.6 Å². The van der Waals surface area contributed by atoms with Crippen LogP contribution in [0.2, 0.25) is 5.02 Å². The van der Waals surface area contributed by atoms with E-state index in [2.05, 4.69) is 0 Å². The number of benzene rings is 1. The molecule has 0 bridgehead atoms. The molecule has 1 atom stereocenters. The van der Waals surface area contributed by atoms with E-state index < -0.39 is 28.5 Å². The van der Waals surface area contributed by atoms with Gasteiger partial charge in [0.15, 0.2) is 0 Å². The van der Waals surface area contributed by atoms with Gasteiger partial charge in [0.05, 0.1) is 23.1 Å². The van der Waals surface area contributed by atoms with Gasteiger partial charge in [0.25, 0.3) is 0 Å². The fraction of sp³-hybridized carbons (Fsp3) is 0.500. The molecule has 0 saturated heterocycles. The number of methoxy groups -OCH3 is 1. The van der Waals surface area contributed by atoms with Crippen LogP contribution in [0.15, 0.2) is 17.0 Å². The second-order valence-corrected chi connectivity index (χ2v) is 6.74. The second-order valence-electron chi connectivity index (χ2n) is 4.36. The molecule has 5 nitrogen and oxygen atoms in total. The summed E-state index contributed by atoms with van der Waals surface area (Å²) in [7, 11) is -1.05. The van der Waals surface area contributed by atoms with Crippen molar-refractivity contribution in [2.75, 3.05) is 20.8 Å². The Hall–Kier alpha value is -0.730. The third-order valence-corrected chi connectivity index (χ3v) is 5.33. The van der Waals surface area contributed by atoms with E-state index in [1.165, 1.54) is 14.2 Å². The second kappa shape index (κ2) is 6.82. The fourth-order valence-corrected chi connectivity index (χ4v) is 3.21. The number of rotatable bonds is 6. The molecule has 0 aliphatic heterocycles. The summed E-state index contributed by atoms with van der Waals surface area (Å²) in [5, 5.41) is 8.81. The highest BCUT2D eigenvalue weighted by molar-refractivity contribution is 7.89. The van der Waals surface area contributed by atoms with Gasteiger partial charge in [0.2, 0.25) is 10.0 Å². The summed E-state index contributed by atoms with van der Waals surface area (Å²) in [6.07, 6.45) is 0. The van der Waals surface area contributed by atoms with Crippen LogP contribution in [0.3, 0.4) is 0 Å². The Bertz CT molecular complexity index is 579. The van der Waals surface area contributed by atoms with E-state index in [1.807, 2.05) is 0 Å². The number of likely N-dealkylation sites (N-methyl/N-ethyl adjacent to an activating group) is 1. The van der Waals surface area contributed by atoms with E-state index in [1.54, 1.807) is 6.92 Å². The monoisotopic (exact) mass is 325 g/mol. The summed E-state index contributed by atoms with van der Waals surface area (Å²) in [6, 6.07) is 1.59. The van der Waals surface area contributed by atoms with E-state index >= 15 is 0 Å². The van der Waals surface area contributed by atoms with Gasteiger partial charge in [0.1, 0.15) is 5.82 Å². The van der Waals surface area contributed by atoms with Crippen molar-refractivity contribution in [2.45, 2.75) is 24.5 Å². The number of nitrogens with zero attached hydrogens (tertiary/aromatic N) is 1. The summed E-state index contributed by atoms with van der Waals surface area (Å²) in [6.45, 7) is 1.33. The molecular weight excluding hydrogens is 309 g/mol. The molecule has 0 heterocycles. The van der Waals surface area contributed by atoms with E-state index in [-0.39, 0.29) is 22.1 Å². The smallest absolute Gasteiger partial charge is 0.243 e. The van der Waals surface area contributed by atoms with Gasteiger partial charge >= 0.3 is 0 Å². The molecular formula is C12H17ClFNO4S. The topological polar surface area (TPSA) is 66.8 Å². The molecule has 0 amide bonds. The Morgan fingerprint density at radius 3 is 2.60 bits per heavy atom. The Morgan fingerprint density at radius 2 is 2.10 bits per heavy atom. The van der Waals surface area contributed by atoms with Crippen LogP contribution in [0.25, 0.3) is 0 Å². The number of aliphatic hydroxyl groups excluding tert-OH is 1. The molecule has 1 aromatic carbocycles. The van der Waals surface area contributed by atoms with Crippen LogP contribution < -0.4 is 0 Å². The highest BCUT2D eigenvalue weighted by Gasteiger charge is 2.27. The predicted octanol–water partition coefficient (Wildman–Crippen LogP) is 1.63. The van der Waals surface area contributed by atoms with Crippen molar-refractivity contribution in [3.8, 4) is 0 Å². The van der Waals surface area contributed by atoms with Crippen molar-refractivity contribution in [3.05, 3.63) is 28.5 Å². The van der Waals surface area contributed by atoms with Crippen LogP contribution in [-0.4, -0.2) is 44.6 Å². The van der Waals surface area contributed by atoms with E-state index in [0.29, 0.717) is 0 Å². The summed E-state index contributed by atoms with van der Waals surface area (Å²) in [5.41, 5.74) is 0.0260. The molecule has 1 unspecified atom stereocenters. The molecule has 1 rings (SSSR count). The van der Waals surface area contributed by atoms with E-state index in [4.69, 9.17) is 21.4 Å². The molecule has 0 saturated carbocycles. The maximum Gasteiger partial charge on any atom is 0.243 e. The Labute approximate surface area is 123 Å². The lowest BCUT2D eigenvalue weighted by Crippen LogP contribution is -2.37. The van der Waals surface area contributed by atoms with Gasteiger partial charge < -0.3 is 9.84 Å². The summed E-state index contributed by atoms with van der Waals surface area (Å²) in [4.78, 5) is -0.256. The van der Waals surface area contributed by atoms with Gasteiger partial charge in [-0.3, -0.25) is 0 Å². The molecule has 20 heavy (non-hydrogen) atoms. The number of halogens is 2. The van der Waals surface area contributed by atoms with Crippen molar-refractivity contribution >= 4 is 21.6 Å². The van der Waals surface area contributed by atoms with E-state index in [0.717, 1.165) is 16.4 Å². The molecule has 0 radical (unpaired) electrons. The Kier molecular flexibility index (Phi) is 5.91. The minimum absolute atomic E-state index is 0.0260. The first kappa shape index (κ1) is 17.3. The summed E-state index contributed by atoms with van der Waals surface area (Å²) < 4.78 is 44.3. The third-order valence-electron chi connectivity index (χ3n) is 2.95. The minimum atomic E-state index is -3.89. The molecule has 114 valence electrons. The third kappa shape index (κ3) is 3.48. The molecule has 8 heteroatoms. The van der Waals surface area contributed by atoms with Gasteiger partial charge in [0, 0.05) is 25.8 Å². The van der Waals surface area contributed by atoms with Crippen LogP contribution >= 0.6 is 11.6 Å². The largest absolute Gasteiger partial charge is 0.392 e. The van der Waals surface area contributed by atoms with Crippen molar-refractivity contribution < 1.29 is 22.7 Å². The van der Waals surface area contributed by atoms with Crippen molar-refractivity contribution in [2.24, 2.45) is 0 Å². The standard InChI is InChI=1S/C12H17ClFNO4S/c1-8(7-19-3)15(2)20(17,18)10-4-9(6-16)12(13)11(14)5-10/h4-5,8,16H,6-7H2,1-3H3. The number of ether oxygens (including phenoxy) is 1. The first-order chi connectivity index (χ1) is 9.25. The zero-order valence-corrected chi connectivity index (χ0v) is 13.0. The highest BCUT2D eigenvalue weighted by atomic mass is 35.5. The molecule has 0 fully saturated rings. The zero-order chi connectivity index (χ0) is 15.5. The van der Waals surface area contributed by atoms with Gasteiger partial charge in [-0.05, 0) is 19.1 Å². The first-order valence-electron chi connectivity index (χ1n) is 5.81. The van der Waals surface area contributed by atoms with E-state index in [9.17, 15) is 12.8 Å². The summed E-state index contributed by atoms with van der Waals surface area (Å²) in [5.74, 6) is -0.885. The Balaban J connectivity index is 3.25. The quantitative estimate of drug-likeness (QED) is 0.863. The molecule has 1 aromatic rings. The Morgan fingerprint density at radius 1 is 1.50 bits per heavy atom. The van der Waals surface area contributed by atoms with Crippen LogP contribution in [0, 0.1) is 5.82 Å². The maximum atomic E-state index is 13.6. The predicted molar refractivity (Wildman–Crippen MR) is 73.6 cm³/mol. The van der Waals surface area contributed by atoms with Crippen molar-refractivity contribution in [1.82, 2.24) is 4.31 Å².